The van der Waals surface area contributed by atoms with E-state index in [9.17, 15) is 0 Å². The number of hydrogen-bond donors (Lipinski definition) is 0. The van der Waals surface area contributed by atoms with Gasteiger partial charge in [-0.3, -0.25) is 0 Å². The molecule has 2 atom stereocenters. The maximum Gasteiger partial charge on any atom is 0.138 e. The van der Waals surface area contributed by atoms with Gasteiger partial charge in [-0.15, -0.1) is 0 Å². The van der Waals surface area contributed by atoms with Gasteiger partial charge in [0.2, 0.25) is 0 Å². The third-order valence-corrected chi connectivity index (χ3v) is 5.56. The first-order valence-electron chi connectivity index (χ1n) is 7.70. The largest absolute Gasteiger partial charge is 0.492 e. The molecule has 21 heavy (non-hydrogen) atoms. The Balaban J connectivity index is 1.62. The van der Waals surface area contributed by atoms with Crippen LogP contribution in [-0.4, -0.2) is 11.6 Å². The van der Waals surface area contributed by atoms with Crippen LogP contribution in [0.3, 0.4) is 0 Å². The molecule has 0 aliphatic heterocycles. The minimum atomic E-state index is 0.463. The highest BCUT2D eigenvalue weighted by molar-refractivity contribution is 9.10. The summed E-state index contributed by atoms with van der Waals surface area (Å²) in [6.45, 7) is 3.10. The fourth-order valence-corrected chi connectivity index (χ4v) is 4.49. The van der Waals surface area contributed by atoms with Crippen LogP contribution in [0, 0.1) is 11.3 Å². The molecule has 2 bridgehead atoms. The molecule has 2 unspecified atom stereocenters. The van der Waals surface area contributed by atoms with Crippen LogP contribution >= 0.6 is 27.5 Å². The van der Waals surface area contributed by atoms with E-state index in [0.717, 1.165) is 29.2 Å². The van der Waals surface area contributed by atoms with Crippen molar-refractivity contribution in [3.63, 3.8) is 0 Å². The van der Waals surface area contributed by atoms with Crippen molar-refractivity contribution in [2.45, 2.75) is 45.4 Å². The van der Waals surface area contributed by atoms with Gasteiger partial charge in [-0.2, -0.15) is 0 Å². The lowest BCUT2D eigenvalue weighted by Crippen LogP contribution is -2.32. The van der Waals surface area contributed by atoms with Crippen LogP contribution in [0.4, 0.5) is 0 Å². The predicted molar refractivity (Wildman–Crippen MR) is 89.8 cm³/mol. The third kappa shape index (κ3) is 3.62. The van der Waals surface area contributed by atoms with E-state index in [1.807, 2.05) is 0 Å². The first-order valence-corrected chi connectivity index (χ1v) is 8.87. The molecule has 1 aromatic rings. The molecule has 1 aromatic heterocycles. The fourth-order valence-electron chi connectivity index (χ4n) is 4.01. The van der Waals surface area contributed by atoms with Gasteiger partial charge in [0.1, 0.15) is 10.9 Å². The lowest BCUT2D eigenvalue weighted by atomic mass is 9.62. The first kappa shape index (κ1) is 15.4. The average Bonchev–Trinajstić information content (AvgIpc) is 2.42. The molecular weight excluding hydrogens is 350 g/mol. The van der Waals surface area contributed by atoms with Crippen LogP contribution in [-0.2, 0) is 0 Å². The highest BCUT2D eigenvalue weighted by Gasteiger charge is 2.37. The molecule has 2 aliphatic carbocycles. The lowest BCUT2D eigenvalue weighted by Gasteiger charge is -2.43. The Morgan fingerprint density at radius 2 is 2.38 bits per heavy atom. The SMILES string of the molecule is CC1C=C2CCCC(CCOc3cc(Cl)ncc3Br)(C2)C1. The van der Waals surface area contributed by atoms with Crippen LogP contribution in [0.5, 0.6) is 5.75 Å². The summed E-state index contributed by atoms with van der Waals surface area (Å²) in [5.74, 6) is 1.51. The van der Waals surface area contributed by atoms with Crippen LogP contribution < -0.4 is 4.74 Å². The summed E-state index contributed by atoms with van der Waals surface area (Å²) in [6.07, 6.45) is 11.9. The highest BCUT2D eigenvalue weighted by atomic mass is 79.9. The third-order valence-electron chi connectivity index (χ3n) is 4.76. The molecule has 0 amide bonds. The van der Waals surface area contributed by atoms with Crippen LogP contribution in [0.1, 0.15) is 45.4 Å². The van der Waals surface area contributed by atoms with Gasteiger partial charge >= 0.3 is 0 Å². The Bertz CT molecular complexity index is 560. The minimum Gasteiger partial charge on any atom is -0.492 e. The molecule has 0 aromatic carbocycles. The first-order chi connectivity index (χ1) is 10.1. The molecule has 0 radical (unpaired) electrons. The van der Waals surface area contributed by atoms with Crippen molar-refractivity contribution >= 4 is 27.5 Å². The number of allylic oxidation sites excluding steroid dienone is 2. The number of rotatable bonds is 4. The van der Waals surface area contributed by atoms with E-state index >= 15 is 0 Å². The summed E-state index contributed by atoms with van der Waals surface area (Å²) in [6, 6.07) is 1.78. The van der Waals surface area contributed by atoms with Crippen molar-refractivity contribution in [2.24, 2.45) is 11.3 Å². The second kappa shape index (κ2) is 6.29. The van der Waals surface area contributed by atoms with E-state index in [1.54, 1.807) is 17.8 Å². The standard InChI is InChI=1S/C17H21BrClNO/c1-12-7-13-3-2-4-17(9-12,10-13)5-6-21-15-8-16(19)20-11-14(15)18/h7-8,11-12H,2-6,9-10H2,1H3. The Kier molecular flexibility index (Phi) is 4.60. The van der Waals surface area contributed by atoms with E-state index in [4.69, 9.17) is 16.3 Å². The molecule has 1 fully saturated rings. The smallest absolute Gasteiger partial charge is 0.138 e. The van der Waals surface area contributed by atoms with Crippen LogP contribution in [0.15, 0.2) is 28.4 Å². The van der Waals surface area contributed by atoms with Gasteiger partial charge in [0.05, 0.1) is 11.1 Å². The van der Waals surface area contributed by atoms with E-state index in [-0.39, 0.29) is 0 Å². The maximum atomic E-state index is 5.95. The number of halogens is 2. The minimum absolute atomic E-state index is 0.463. The van der Waals surface area contributed by atoms with E-state index in [0.29, 0.717) is 10.6 Å². The molecule has 114 valence electrons. The Morgan fingerprint density at radius 1 is 1.52 bits per heavy atom. The number of nitrogens with zero attached hydrogens (tertiary/aromatic N) is 1. The van der Waals surface area contributed by atoms with Crippen LogP contribution in [0.2, 0.25) is 5.15 Å². The lowest BCUT2D eigenvalue weighted by molar-refractivity contribution is 0.124. The zero-order valence-electron chi connectivity index (χ0n) is 12.4. The van der Waals surface area contributed by atoms with Crippen molar-refractivity contribution in [3.8, 4) is 5.75 Å². The number of ether oxygens (including phenoxy) is 1. The number of hydrogen-bond acceptors (Lipinski definition) is 2. The molecule has 1 heterocycles. The van der Waals surface area contributed by atoms with Gasteiger partial charge in [-0.05, 0) is 65.8 Å². The van der Waals surface area contributed by atoms with Crippen molar-refractivity contribution in [1.29, 1.82) is 0 Å². The van der Waals surface area contributed by atoms with E-state index < -0.39 is 0 Å². The van der Waals surface area contributed by atoms with Crippen molar-refractivity contribution in [2.75, 3.05) is 6.61 Å². The molecule has 0 saturated heterocycles. The number of aromatic nitrogens is 1. The molecule has 2 aliphatic rings. The van der Waals surface area contributed by atoms with Gasteiger partial charge in [0, 0.05) is 12.3 Å². The fraction of sp³-hybridized carbons (Fsp3) is 0.588. The maximum absolute atomic E-state index is 5.95. The molecule has 0 spiro atoms. The summed E-state index contributed by atoms with van der Waals surface area (Å²) in [5.41, 5.74) is 2.14. The Morgan fingerprint density at radius 3 is 3.24 bits per heavy atom. The van der Waals surface area contributed by atoms with Gasteiger partial charge < -0.3 is 4.74 Å². The van der Waals surface area contributed by atoms with E-state index in [1.165, 1.54) is 32.1 Å². The van der Waals surface area contributed by atoms with Crippen molar-refractivity contribution in [1.82, 2.24) is 4.98 Å². The molecule has 1 saturated carbocycles. The average molecular weight is 371 g/mol. The molecule has 3 rings (SSSR count). The Hall–Kier alpha value is -0.540. The van der Waals surface area contributed by atoms with Crippen molar-refractivity contribution in [3.05, 3.63) is 33.5 Å². The normalized spacial score (nSPS) is 28.1. The monoisotopic (exact) mass is 369 g/mol. The molecule has 0 N–H and O–H groups in total. The van der Waals surface area contributed by atoms with Gasteiger partial charge in [-0.1, -0.05) is 30.2 Å². The highest BCUT2D eigenvalue weighted by Crippen LogP contribution is 2.50. The van der Waals surface area contributed by atoms with Gasteiger partial charge in [0.25, 0.3) is 0 Å². The zero-order valence-corrected chi connectivity index (χ0v) is 14.7. The summed E-state index contributed by atoms with van der Waals surface area (Å²) in [4.78, 5) is 4.03. The van der Waals surface area contributed by atoms with Crippen molar-refractivity contribution < 1.29 is 4.74 Å². The predicted octanol–water partition coefficient (Wildman–Crippen LogP) is 5.79. The molecule has 4 heteroatoms. The topological polar surface area (TPSA) is 22.1 Å². The molecule has 2 nitrogen and oxygen atoms in total. The second-order valence-electron chi connectivity index (χ2n) is 6.57. The summed E-state index contributed by atoms with van der Waals surface area (Å²) in [7, 11) is 0. The summed E-state index contributed by atoms with van der Waals surface area (Å²) in [5, 5.41) is 0.473. The summed E-state index contributed by atoms with van der Waals surface area (Å²) < 4.78 is 6.82. The van der Waals surface area contributed by atoms with Gasteiger partial charge in [0.15, 0.2) is 0 Å². The second-order valence-corrected chi connectivity index (χ2v) is 7.81. The quantitative estimate of drug-likeness (QED) is 0.494. The number of pyridine rings is 1. The zero-order chi connectivity index (χ0) is 14.9. The summed E-state index contributed by atoms with van der Waals surface area (Å²) >= 11 is 9.39. The van der Waals surface area contributed by atoms with E-state index in [2.05, 4.69) is 33.9 Å². The number of fused-ring (bicyclic) bond motifs is 2. The van der Waals surface area contributed by atoms with Crippen LogP contribution in [0.25, 0.3) is 0 Å². The molecular formula is C17H21BrClNO. The Labute approximate surface area is 140 Å². The van der Waals surface area contributed by atoms with Gasteiger partial charge in [-0.25, -0.2) is 4.98 Å².